The minimum absolute atomic E-state index is 0.155. The number of aliphatic hydroxyl groups excluding tert-OH is 1. The fourth-order valence-electron chi connectivity index (χ4n) is 3.82. The van der Waals surface area contributed by atoms with E-state index in [-0.39, 0.29) is 5.41 Å². The molecule has 1 heteroatoms. The minimum Gasteiger partial charge on any atom is -0.396 e. The second-order valence-electron chi connectivity index (χ2n) is 7.67. The van der Waals surface area contributed by atoms with Gasteiger partial charge in [0.15, 0.2) is 0 Å². The van der Waals surface area contributed by atoms with Crippen LogP contribution in [0.15, 0.2) is 24.3 Å². The van der Waals surface area contributed by atoms with Crippen molar-refractivity contribution in [2.45, 2.75) is 84.0 Å². The van der Waals surface area contributed by atoms with E-state index in [1.807, 2.05) is 0 Å². The maximum atomic E-state index is 9.51. The average molecular weight is 303 g/mol. The van der Waals surface area contributed by atoms with Crippen LogP contribution in [0.5, 0.6) is 0 Å². The van der Waals surface area contributed by atoms with E-state index in [1.165, 1.54) is 62.5 Å². The highest BCUT2D eigenvalue weighted by atomic mass is 16.3. The molecule has 1 aliphatic rings. The number of aliphatic hydroxyl groups is 1. The molecule has 0 heterocycles. The van der Waals surface area contributed by atoms with Crippen molar-refractivity contribution in [3.05, 3.63) is 35.4 Å². The van der Waals surface area contributed by atoms with Crippen molar-refractivity contribution >= 4 is 0 Å². The maximum Gasteiger partial charge on any atom is 0.0484 e. The van der Waals surface area contributed by atoms with Gasteiger partial charge in [-0.05, 0) is 54.6 Å². The summed E-state index contributed by atoms with van der Waals surface area (Å²) < 4.78 is 0. The number of hydrogen-bond acceptors (Lipinski definition) is 1. The molecule has 0 spiro atoms. The highest BCUT2D eigenvalue weighted by Gasteiger charge is 2.34. The van der Waals surface area contributed by atoms with Crippen LogP contribution in [0.1, 0.15) is 88.7 Å². The van der Waals surface area contributed by atoms with Gasteiger partial charge in [0.2, 0.25) is 0 Å². The van der Waals surface area contributed by atoms with E-state index < -0.39 is 0 Å². The van der Waals surface area contributed by atoms with Crippen LogP contribution >= 0.6 is 0 Å². The Morgan fingerprint density at radius 1 is 1.05 bits per heavy atom. The summed E-state index contributed by atoms with van der Waals surface area (Å²) in [6.45, 7) is 4.83. The molecule has 22 heavy (non-hydrogen) atoms. The molecule has 1 aliphatic carbocycles. The van der Waals surface area contributed by atoms with Gasteiger partial charge in [-0.3, -0.25) is 0 Å². The van der Waals surface area contributed by atoms with Crippen molar-refractivity contribution in [1.82, 2.24) is 0 Å². The third-order valence-electron chi connectivity index (χ3n) is 5.49. The van der Waals surface area contributed by atoms with Crippen molar-refractivity contribution in [3.8, 4) is 0 Å². The van der Waals surface area contributed by atoms with Crippen LogP contribution in [0.3, 0.4) is 0 Å². The van der Waals surface area contributed by atoms with E-state index >= 15 is 0 Å². The Kier molecular flexibility index (Phi) is 6.95. The molecule has 1 aromatic carbocycles. The average Bonchev–Trinajstić information content (AvgIpc) is 2.94. The van der Waals surface area contributed by atoms with Gasteiger partial charge >= 0.3 is 0 Å². The van der Waals surface area contributed by atoms with Crippen LogP contribution in [0.4, 0.5) is 0 Å². The summed E-state index contributed by atoms with van der Waals surface area (Å²) in [5.41, 5.74) is 3.12. The highest BCUT2D eigenvalue weighted by Crippen LogP contribution is 2.45. The van der Waals surface area contributed by atoms with Crippen molar-refractivity contribution in [1.29, 1.82) is 0 Å². The Balaban J connectivity index is 1.74. The van der Waals surface area contributed by atoms with Crippen molar-refractivity contribution in [2.75, 3.05) is 6.61 Å². The number of unbranched alkanes of at least 4 members (excludes halogenated alkanes) is 5. The Hall–Kier alpha value is -0.820. The monoisotopic (exact) mass is 302 g/mol. The molecule has 124 valence electrons. The maximum absolute atomic E-state index is 9.51. The van der Waals surface area contributed by atoms with E-state index in [0.29, 0.717) is 12.5 Å². The summed E-state index contributed by atoms with van der Waals surface area (Å²) in [5.74, 6) is 0.653. The van der Waals surface area contributed by atoms with Gasteiger partial charge in [0.25, 0.3) is 0 Å². The second-order valence-corrected chi connectivity index (χ2v) is 7.67. The lowest BCUT2D eigenvalue weighted by atomic mass is 9.87. The van der Waals surface area contributed by atoms with Gasteiger partial charge in [0, 0.05) is 6.61 Å². The van der Waals surface area contributed by atoms with E-state index in [2.05, 4.69) is 38.1 Å². The SMILES string of the molecule is CCCCCCCCc1ccc(C2CCC(C)(CO)C2)cc1. The van der Waals surface area contributed by atoms with Crippen LogP contribution in [0, 0.1) is 5.41 Å². The lowest BCUT2D eigenvalue weighted by Gasteiger charge is -2.20. The molecule has 0 amide bonds. The van der Waals surface area contributed by atoms with Gasteiger partial charge in [-0.25, -0.2) is 0 Å². The van der Waals surface area contributed by atoms with Gasteiger partial charge in [0.1, 0.15) is 0 Å². The molecule has 1 N–H and O–H groups in total. The number of hydrogen-bond donors (Lipinski definition) is 1. The van der Waals surface area contributed by atoms with E-state index in [4.69, 9.17) is 0 Å². The molecule has 2 unspecified atom stereocenters. The highest BCUT2D eigenvalue weighted by molar-refractivity contribution is 5.26. The van der Waals surface area contributed by atoms with Gasteiger partial charge in [0.05, 0.1) is 0 Å². The zero-order chi connectivity index (χ0) is 15.8. The van der Waals surface area contributed by atoms with Crippen molar-refractivity contribution < 1.29 is 5.11 Å². The van der Waals surface area contributed by atoms with Gasteiger partial charge in [-0.15, -0.1) is 0 Å². The van der Waals surface area contributed by atoms with Crippen LogP contribution < -0.4 is 0 Å². The smallest absolute Gasteiger partial charge is 0.0484 e. The first-order valence-corrected chi connectivity index (χ1v) is 9.36. The van der Waals surface area contributed by atoms with Crippen LogP contribution in [0.2, 0.25) is 0 Å². The summed E-state index contributed by atoms with van der Waals surface area (Å²) in [4.78, 5) is 0. The largest absolute Gasteiger partial charge is 0.396 e. The molecule has 1 aromatic rings. The topological polar surface area (TPSA) is 20.2 Å². The van der Waals surface area contributed by atoms with Crippen LogP contribution in [0.25, 0.3) is 0 Å². The Morgan fingerprint density at radius 2 is 1.73 bits per heavy atom. The molecule has 0 bridgehead atoms. The quantitative estimate of drug-likeness (QED) is 0.567. The molecule has 0 aliphatic heterocycles. The van der Waals surface area contributed by atoms with E-state index in [1.54, 1.807) is 0 Å². The first-order chi connectivity index (χ1) is 10.7. The molecule has 1 fully saturated rings. The Labute approximate surface area is 137 Å². The number of rotatable bonds is 9. The number of aryl methyl sites for hydroxylation is 1. The normalized spacial score (nSPS) is 24.8. The standard InChI is InChI=1S/C21H34O/c1-3-4-5-6-7-8-9-18-10-12-19(13-11-18)20-14-15-21(2,16-20)17-22/h10-13,20,22H,3-9,14-17H2,1-2H3. The van der Waals surface area contributed by atoms with E-state index in [9.17, 15) is 5.11 Å². The predicted molar refractivity (Wildman–Crippen MR) is 95.3 cm³/mol. The molecule has 1 nitrogen and oxygen atoms in total. The molecule has 2 atom stereocenters. The molecule has 1 saturated carbocycles. The van der Waals surface area contributed by atoms with Gasteiger partial charge in [-0.1, -0.05) is 70.2 Å². The number of benzene rings is 1. The molecule has 0 saturated heterocycles. The first-order valence-electron chi connectivity index (χ1n) is 9.36. The fraction of sp³-hybridized carbons (Fsp3) is 0.714. The Bertz CT molecular complexity index is 422. The van der Waals surface area contributed by atoms with Gasteiger partial charge < -0.3 is 5.11 Å². The molecule has 0 radical (unpaired) electrons. The summed E-state index contributed by atoms with van der Waals surface area (Å²) in [5, 5.41) is 9.51. The molecular weight excluding hydrogens is 268 g/mol. The second kappa shape index (κ2) is 8.72. The zero-order valence-electron chi connectivity index (χ0n) is 14.6. The molecule has 0 aromatic heterocycles. The lowest BCUT2D eigenvalue weighted by molar-refractivity contribution is 0.147. The summed E-state index contributed by atoms with van der Waals surface area (Å²) in [6.07, 6.45) is 13.0. The Morgan fingerprint density at radius 3 is 2.36 bits per heavy atom. The van der Waals surface area contributed by atoms with E-state index in [0.717, 1.165) is 12.8 Å². The summed E-state index contributed by atoms with van der Waals surface area (Å²) in [7, 11) is 0. The summed E-state index contributed by atoms with van der Waals surface area (Å²) in [6, 6.07) is 9.33. The lowest BCUT2D eigenvalue weighted by Crippen LogP contribution is -2.16. The molecular formula is C21H34O. The third kappa shape index (κ3) is 5.12. The minimum atomic E-state index is 0.155. The fourth-order valence-corrected chi connectivity index (χ4v) is 3.82. The molecule has 2 rings (SSSR count). The third-order valence-corrected chi connectivity index (χ3v) is 5.49. The summed E-state index contributed by atoms with van der Waals surface area (Å²) >= 11 is 0. The zero-order valence-corrected chi connectivity index (χ0v) is 14.6. The van der Waals surface area contributed by atoms with Crippen molar-refractivity contribution in [2.24, 2.45) is 5.41 Å². The first kappa shape index (κ1) is 17.5. The van der Waals surface area contributed by atoms with Crippen molar-refractivity contribution in [3.63, 3.8) is 0 Å². The predicted octanol–water partition coefficient (Wildman–Crippen LogP) is 5.86. The van der Waals surface area contributed by atoms with Crippen LogP contribution in [-0.2, 0) is 6.42 Å². The van der Waals surface area contributed by atoms with Crippen LogP contribution in [-0.4, -0.2) is 11.7 Å². The van der Waals surface area contributed by atoms with Gasteiger partial charge in [-0.2, -0.15) is 0 Å².